The molecule has 1 atom stereocenters. The van der Waals surface area contributed by atoms with E-state index in [-0.39, 0.29) is 11.6 Å². The Balaban J connectivity index is 1.65. The maximum Gasteiger partial charge on any atom is 0.251 e. The first-order valence-electron chi connectivity index (χ1n) is 8.40. The van der Waals surface area contributed by atoms with Crippen molar-refractivity contribution < 1.29 is 13.6 Å². The molecule has 1 aliphatic carbocycles. The van der Waals surface area contributed by atoms with Crippen LogP contribution in [0.2, 0.25) is 0 Å². The predicted molar refractivity (Wildman–Crippen MR) is 92.5 cm³/mol. The van der Waals surface area contributed by atoms with Crippen molar-refractivity contribution in [2.75, 3.05) is 0 Å². The minimum absolute atomic E-state index is 0.123. The Hall–Kier alpha value is -2.69. The number of H-pyrrole nitrogens is 1. The summed E-state index contributed by atoms with van der Waals surface area (Å²) in [6.07, 6.45) is 2.75. The fraction of sp³-hybridized carbons (Fsp3) is 0.250. The van der Waals surface area contributed by atoms with Crippen molar-refractivity contribution >= 4 is 16.8 Å². The van der Waals surface area contributed by atoms with Crippen LogP contribution >= 0.6 is 0 Å². The standard InChI is InChI=1S/C20H18F2N2O/c1-11-5-8-17-14(9-11)13-3-2-4-18(19(13)23-17)24-20(25)12-6-7-15(21)16(22)10-12/h5-10,18,23H,2-4H2,1H3,(H,24,25). The summed E-state index contributed by atoms with van der Waals surface area (Å²) >= 11 is 0. The van der Waals surface area contributed by atoms with Gasteiger partial charge in [-0.05, 0) is 62.1 Å². The number of aryl methyl sites for hydroxylation is 2. The molecule has 1 aliphatic rings. The van der Waals surface area contributed by atoms with Gasteiger partial charge in [0.2, 0.25) is 0 Å². The number of benzene rings is 2. The number of hydrogen-bond donors (Lipinski definition) is 2. The minimum atomic E-state index is -1.02. The molecule has 1 amide bonds. The van der Waals surface area contributed by atoms with Gasteiger partial charge in [0.25, 0.3) is 5.91 Å². The average molecular weight is 340 g/mol. The van der Waals surface area contributed by atoms with Gasteiger partial charge in [-0.15, -0.1) is 0 Å². The van der Waals surface area contributed by atoms with Crippen molar-refractivity contribution in [3.05, 3.63) is 70.4 Å². The summed E-state index contributed by atoms with van der Waals surface area (Å²) < 4.78 is 26.4. The Labute approximate surface area is 144 Å². The molecule has 0 spiro atoms. The highest BCUT2D eigenvalue weighted by atomic mass is 19.2. The van der Waals surface area contributed by atoms with Gasteiger partial charge in [0, 0.05) is 22.2 Å². The second kappa shape index (κ2) is 5.99. The number of nitrogens with one attached hydrogen (secondary N) is 2. The van der Waals surface area contributed by atoms with Crippen molar-refractivity contribution in [3.63, 3.8) is 0 Å². The molecule has 1 heterocycles. The third-order valence-corrected chi connectivity index (χ3v) is 4.85. The molecule has 0 bridgehead atoms. The van der Waals surface area contributed by atoms with Crippen LogP contribution in [0.4, 0.5) is 8.78 Å². The van der Waals surface area contributed by atoms with Gasteiger partial charge in [0.15, 0.2) is 11.6 Å². The molecule has 5 heteroatoms. The molecule has 1 aromatic heterocycles. The normalized spacial score (nSPS) is 16.7. The van der Waals surface area contributed by atoms with E-state index in [0.29, 0.717) is 0 Å². The third kappa shape index (κ3) is 2.80. The summed E-state index contributed by atoms with van der Waals surface area (Å²) in [7, 11) is 0. The van der Waals surface area contributed by atoms with Crippen LogP contribution in [0.25, 0.3) is 10.9 Å². The zero-order chi connectivity index (χ0) is 17.6. The topological polar surface area (TPSA) is 44.9 Å². The Morgan fingerprint density at radius 3 is 2.80 bits per heavy atom. The van der Waals surface area contributed by atoms with E-state index in [0.717, 1.165) is 42.6 Å². The molecule has 4 rings (SSSR count). The zero-order valence-corrected chi connectivity index (χ0v) is 13.8. The van der Waals surface area contributed by atoms with Gasteiger partial charge in [-0.2, -0.15) is 0 Å². The van der Waals surface area contributed by atoms with Crippen molar-refractivity contribution in [2.45, 2.75) is 32.2 Å². The van der Waals surface area contributed by atoms with Gasteiger partial charge in [-0.25, -0.2) is 8.78 Å². The first kappa shape index (κ1) is 15.8. The molecule has 2 aromatic carbocycles. The summed E-state index contributed by atoms with van der Waals surface area (Å²) in [6, 6.07) is 9.31. The molecule has 0 fully saturated rings. The molecule has 1 unspecified atom stereocenters. The Morgan fingerprint density at radius 2 is 2.00 bits per heavy atom. The second-order valence-corrected chi connectivity index (χ2v) is 6.61. The Bertz CT molecular complexity index is 977. The molecule has 0 saturated heterocycles. The Morgan fingerprint density at radius 1 is 1.16 bits per heavy atom. The molecular weight excluding hydrogens is 322 g/mol. The molecule has 0 radical (unpaired) electrons. The zero-order valence-electron chi connectivity index (χ0n) is 13.8. The number of hydrogen-bond acceptors (Lipinski definition) is 1. The van der Waals surface area contributed by atoms with Crippen molar-refractivity contribution in [2.24, 2.45) is 0 Å². The van der Waals surface area contributed by atoms with Gasteiger partial charge in [-0.1, -0.05) is 11.6 Å². The van der Waals surface area contributed by atoms with Crippen LogP contribution in [0.1, 0.15) is 46.1 Å². The van der Waals surface area contributed by atoms with Gasteiger partial charge in [0.1, 0.15) is 0 Å². The van der Waals surface area contributed by atoms with E-state index < -0.39 is 17.5 Å². The maximum atomic E-state index is 13.4. The van der Waals surface area contributed by atoms with Gasteiger partial charge in [0.05, 0.1) is 6.04 Å². The monoisotopic (exact) mass is 340 g/mol. The minimum Gasteiger partial charge on any atom is -0.356 e. The maximum absolute atomic E-state index is 13.4. The largest absolute Gasteiger partial charge is 0.356 e. The lowest BCUT2D eigenvalue weighted by atomic mass is 9.91. The first-order valence-corrected chi connectivity index (χ1v) is 8.40. The molecule has 0 saturated carbocycles. The number of amides is 1. The average Bonchev–Trinajstić information content (AvgIpc) is 2.96. The van der Waals surface area contributed by atoms with Crippen molar-refractivity contribution in [1.82, 2.24) is 10.3 Å². The van der Waals surface area contributed by atoms with E-state index in [1.165, 1.54) is 22.6 Å². The van der Waals surface area contributed by atoms with Crippen LogP contribution in [0.5, 0.6) is 0 Å². The van der Waals surface area contributed by atoms with Crippen molar-refractivity contribution in [3.8, 4) is 0 Å². The smallest absolute Gasteiger partial charge is 0.251 e. The summed E-state index contributed by atoms with van der Waals surface area (Å²) in [5.41, 5.74) is 4.63. The fourth-order valence-corrected chi connectivity index (χ4v) is 3.60. The lowest BCUT2D eigenvalue weighted by molar-refractivity contribution is 0.0931. The number of rotatable bonds is 2. The van der Waals surface area contributed by atoms with E-state index in [9.17, 15) is 13.6 Å². The lowest BCUT2D eigenvalue weighted by Crippen LogP contribution is -2.31. The predicted octanol–water partition coefficient (Wildman–Crippen LogP) is 4.56. The first-order chi connectivity index (χ1) is 12.0. The Kier molecular flexibility index (Phi) is 3.79. The van der Waals surface area contributed by atoms with E-state index in [4.69, 9.17) is 0 Å². The molecule has 128 valence electrons. The molecular formula is C20H18F2N2O. The third-order valence-electron chi connectivity index (χ3n) is 4.85. The number of fused-ring (bicyclic) bond motifs is 3. The summed E-state index contributed by atoms with van der Waals surface area (Å²) in [4.78, 5) is 15.9. The molecule has 0 aliphatic heterocycles. The number of aromatic nitrogens is 1. The highest BCUT2D eigenvalue weighted by Crippen LogP contribution is 2.35. The molecule has 25 heavy (non-hydrogen) atoms. The van der Waals surface area contributed by atoms with E-state index in [1.54, 1.807) is 0 Å². The SMILES string of the molecule is Cc1ccc2[nH]c3c(c2c1)CCCC3NC(=O)c1ccc(F)c(F)c1. The van der Waals surface area contributed by atoms with E-state index in [1.807, 2.05) is 0 Å². The number of carbonyl (C=O) groups excluding carboxylic acids is 1. The number of halogens is 2. The van der Waals surface area contributed by atoms with Crippen LogP contribution in [-0.2, 0) is 6.42 Å². The lowest BCUT2D eigenvalue weighted by Gasteiger charge is -2.24. The number of aromatic amines is 1. The molecule has 2 N–H and O–H groups in total. The quantitative estimate of drug-likeness (QED) is 0.706. The van der Waals surface area contributed by atoms with Crippen LogP contribution in [0, 0.1) is 18.6 Å². The summed E-state index contributed by atoms with van der Waals surface area (Å²) in [5, 5.41) is 4.15. The van der Waals surface area contributed by atoms with Gasteiger partial charge >= 0.3 is 0 Å². The number of carbonyl (C=O) groups is 1. The van der Waals surface area contributed by atoms with Crippen LogP contribution in [0.3, 0.4) is 0 Å². The summed E-state index contributed by atoms with van der Waals surface area (Å²) in [6.45, 7) is 2.06. The van der Waals surface area contributed by atoms with Gasteiger partial charge in [-0.3, -0.25) is 4.79 Å². The van der Waals surface area contributed by atoms with E-state index in [2.05, 4.69) is 35.4 Å². The second-order valence-electron chi connectivity index (χ2n) is 6.61. The van der Waals surface area contributed by atoms with Crippen molar-refractivity contribution in [1.29, 1.82) is 0 Å². The van der Waals surface area contributed by atoms with Crippen LogP contribution in [0.15, 0.2) is 36.4 Å². The highest BCUT2D eigenvalue weighted by molar-refractivity contribution is 5.94. The fourth-order valence-electron chi connectivity index (χ4n) is 3.60. The highest BCUT2D eigenvalue weighted by Gasteiger charge is 2.26. The van der Waals surface area contributed by atoms with Crippen LogP contribution < -0.4 is 5.32 Å². The van der Waals surface area contributed by atoms with Crippen LogP contribution in [-0.4, -0.2) is 10.9 Å². The van der Waals surface area contributed by atoms with E-state index >= 15 is 0 Å². The van der Waals surface area contributed by atoms with Gasteiger partial charge < -0.3 is 10.3 Å². The molecule has 3 nitrogen and oxygen atoms in total. The summed E-state index contributed by atoms with van der Waals surface area (Å²) in [5.74, 6) is -2.37. The molecule has 3 aromatic rings.